The van der Waals surface area contributed by atoms with Crippen LogP contribution >= 0.6 is 0 Å². The molecular formula is C14H19NO2. The van der Waals surface area contributed by atoms with Crippen molar-refractivity contribution in [2.24, 2.45) is 0 Å². The molecule has 0 saturated carbocycles. The first-order valence-corrected chi connectivity index (χ1v) is 5.63. The van der Waals surface area contributed by atoms with E-state index >= 15 is 0 Å². The van der Waals surface area contributed by atoms with Crippen LogP contribution in [0.2, 0.25) is 0 Å². The molecule has 1 N–H and O–H groups in total. The zero-order valence-electron chi connectivity index (χ0n) is 10.7. The maximum atomic E-state index is 11.4. The second kappa shape index (κ2) is 6.09. The molecule has 3 heteroatoms. The Balaban J connectivity index is 2.63. The van der Waals surface area contributed by atoms with Crippen molar-refractivity contribution in [1.29, 1.82) is 0 Å². The van der Waals surface area contributed by atoms with E-state index in [1.54, 1.807) is 6.08 Å². The van der Waals surface area contributed by atoms with Gasteiger partial charge in [0.05, 0.1) is 0 Å². The summed E-state index contributed by atoms with van der Waals surface area (Å²) in [6.45, 7) is 10.0. The van der Waals surface area contributed by atoms with Crippen LogP contribution in [-0.2, 0) is 4.79 Å². The molecule has 1 amide bonds. The number of hydrogen-bond donors (Lipinski definition) is 1. The number of hydrogen-bond acceptors (Lipinski definition) is 2. The molecule has 0 spiro atoms. The lowest BCUT2D eigenvalue weighted by Crippen LogP contribution is -2.29. The van der Waals surface area contributed by atoms with E-state index in [2.05, 4.69) is 11.9 Å². The Hall–Kier alpha value is -1.77. The van der Waals surface area contributed by atoms with Crippen LogP contribution in [0, 0.1) is 20.8 Å². The first-order chi connectivity index (χ1) is 8.04. The Morgan fingerprint density at radius 1 is 1.35 bits per heavy atom. The molecule has 0 aliphatic heterocycles. The summed E-state index contributed by atoms with van der Waals surface area (Å²) in [5.41, 5.74) is 3.31. The van der Waals surface area contributed by atoms with Crippen molar-refractivity contribution in [1.82, 2.24) is 5.32 Å². The summed E-state index contributed by atoms with van der Waals surface area (Å²) < 4.78 is 5.54. The predicted octanol–water partition coefficient (Wildman–Crippen LogP) is 2.29. The maximum Gasteiger partial charge on any atom is 0.258 e. The molecule has 1 aromatic carbocycles. The van der Waals surface area contributed by atoms with Gasteiger partial charge in [0, 0.05) is 6.54 Å². The number of carbonyl (C=O) groups is 1. The quantitative estimate of drug-likeness (QED) is 0.792. The van der Waals surface area contributed by atoms with Crippen LogP contribution < -0.4 is 10.1 Å². The normalized spacial score (nSPS) is 9.82. The number of ether oxygens (including phenoxy) is 1. The third kappa shape index (κ3) is 3.94. The monoisotopic (exact) mass is 233 g/mol. The van der Waals surface area contributed by atoms with Crippen molar-refractivity contribution in [2.75, 3.05) is 13.2 Å². The lowest BCUT2D eigenvalue weighted by Gasteiger charge is -2.12. The first kappa shape index (κ1) is 13.3. The van der Waals surface area contributed by atoms with Crippen LogP contribution in [0.25, 0.3) is 0 Å². The standard InChI is InChI=1S/C14H19NO2/c1-5-6-15-13(16)9-17-14-11(3)7-10(2)8-12(14)4/h5,7-8H,1,6,9H2,2-4H3,(H,15,16). The summed E-state index contributed by atoms with van der Waals surface area (Å²) in [5.74, 6) is 0.661. The van der Waals surface area contributed by atoms with Gasteiger partial charge in [0.1, 0.15) is 5.75 Å². The summed E-state index contributed by atoms with van der Waals surface area (Å²) in [6, 6.07) is 4.09. The van der Waals surface area contributed by atoms with Gasteiger partial charge in [0.2, 0.25) is 0 Å². The largest absolute Gasteiger partial charge is 0.483 e. The molecule has 0 aromatic heterocycles. The number of rotatable bonds is 5. The van der Waals surface area contributed by atoms with Crippen molar-refractivity contribution in [2.45, 2.75) is 20.8 Å². The fraction of sp³-hybridized carbons (Fsp3) is 0.357. The topological polar surface area (TPSA) is 38.3 Å². The molecule has 3 nitrogen and oxygen atoms in total. The fourth-order valence-corrected chi connectivity index (χ4v) is 1.77. The summed E-state index contributed by atoms with van der Waals surface area (Å²) in [4.78, 5) is 11.4. The number of amides is 1. The Kier molecular flexibility index (Phi) is 4.76. The van der Waals surface area contributed by atoms with E-state index < -0.39 is 0 Å². The van der Waals surface area contributed by atoms with Gasteiger partial charge in [0.15, 0.2) is 6.61 Å². The minimum Gasteiger partial charge on any atom is -0.483 e. The van der Waals surface area contributed by atoms with E-state index in [-0.39, 0.29) is 12.5 Å². The van der Waals surface area contributed by atoms with Gasteiger partial charge in [-0.05, 0) is 31.9 Å². The van der Waals surface area contributed by atoms with Gasteiger partial charge in [-0.2, -0.15) is 0 Å². The number of benzene rings is 1. The summed E-state index contributed by atoms with van der Waals surface area (Å²) in [7, 11) is 0. The molecule has 1 rings (SSSR count). The third-order valence-electron chi connectivity index (χ3n) is 2.40. The minimum absolute atomic E-state index is 0.0403. The molecular weight excluding hydrogens is 214 g/mol. The number of aryl methyl sites for hydroxylation is 3. The van der Waals surface area contributed by atoms with Gasteiger partial charge < -0.3 is 10.1 Å². The molecule has 0 saturated heterocycles. The lowest BCUT2D eigenvalue weighted by atomic mass is 10.1. The second-order valence-corrected chi connectivity index (χ2v) is 4.11. The molecule has 17 heavy (non-hydrogen) atoms. The van der Waals surface area contributed by atoms with E-state index in [4.69, 9.17) is 4.74 Å². The molecule has 0 bridgehead atoms. The molecule has 0 atom stereocenters. The first-order valence-electron chi connectivity index (χ1n) is 5.63. The fourth-order valence-electron chi connectivity index (χ4n) is 1.77. The Bertz CT molecular complexity index is 401. The van der Waals surface area contributed by atoms with E-state index in [0.29, 0.717) is 6.54 Å². The van der Waals surface area contributed by atoms with Crippen molar-refractivity contribution in [3.8, 4) is 5.75 Å². The van der Waals surface area contributed by atoms with Gasteiger partial charge in [-0.25, -0.2) is 0 Å². The molecule has 0 aliphatic carbocycles. The Labute approximate surface area is 102 Å². The van der Waals surface area contributed by atoms with Gasteiger partial charge in [-0.3, -0.25) is 4.79 Å². The Morgan fingerprint density at radius 3 is 2.47 bits per heavy atom. The SMILES string of the molecule is C=CCNC(=O)COc1c(C)cc(C)cc1C. The lowest BCUT2D eigenvalue weighted by molar-refractivity contribution is -0.122. The second-order valence-electron chi connectivity index (χ2n) is 4.11. The molecule has 0 unspecified atom stereocenters. The number of carbonyl (C=O) groups excluding carboxylic acids is 1. The zero-order chi connectivity index (χ0) is 12.8. The van der Waals surface area contributed by atoms with Gasteiger partial charge in [0.25, 0.3) is 5.91 Å². The molecule has 0 radical (unpaired) electrons. The maximum absolute atomic E-state index is 11.4. The molecule has 1 aromatic rings. The summed E-state index contributed by atoms with van der Waals surface area (Å²) >= 11 is 0. The summed E-state index contributed by atoms with van der Waals surface area (Å²) in [6.07, 6.45) is 1.64. The third-order valence-corrected chi connectivity index (χ3v) is 2.40. The Morgan fingerprint density at radius 2 is 1.94 bits per heavy atom. The van der Waals surface area contributed by atoms with E-state index in [1.165, 1.54) is 5.56 Å². The predicted molar refractivity (Wildman–Crippen MR) is 69.4 cm³/mol. The smallest absolute Gasteiger partial charge is 0.258 e. The molecule has 0 aliphatic rings. The van der Waals surface area contributed by atoms with E-state index in [1.807, 2.05) is 32.9 Å². The van der Waals surface area contributed by atoms with Crippen molar-refractivity contribution < 1.29 is 9.53 Å². The van der Waals surface area contributed by atoms with Crippen molar-refractivity contribution in [3.05, 3.63) is 41.5 Å². The molecule has 0 fully saturated rings. The van der Waals surface area contributed by atoms with Gasteiger partial charge in [-0.1, -0.05) is 23.8 Å². The van der Waals surface area contributed by atoms with Crippen LogP contribution in [0.1, 0.15) is 16.7 Å². The average Bonchev–Trinajstić information content (AvgIpc) is 2.24. The van der Waals surface area contributed by atoms with Crippen LogP contribution in [0.15, 0.2) is 24.8 Å². The van der Waals surface area contributed by atoms with E-state index in [0.717, 1.165) is 16.9 Å². The van der Waals surface area contributed by atoms with Gasteiger partial charge in [-0.15, -0.1) is 6.58 Å². The highest BCUT2D eigenvalue weighted by Gasteiger charge is 2.07. The molecule has 0 heterocycles. The zero-order valence-corrected chi connectivity index (χ0v) is 10.7. The van der Waals surface area contributed by atoms with Crippen molar-refractivity contribution >= 4 is 5.91 Å². The van der Waals surface area contributed by atoms with Crippen LogP contribution in [0.4, 0.5) is 0 Å². The highest BCUT2D eigenvalue weighted by atomic mass is 16.5. The number of nitrogens with one attached hydrogen (secondary N) is 1. The minimum atomic E-state index is -0.135. The van der Waals surface area contributed by atoms with Crippen molar-refractivity contribution in [3.63, 3.8) is 0 Å². The highest BCUT2D eigenvalue weighted by Crippen LogP contribution is 2.24. The van der Waals surface area contributed by atoms with Gasteiger partial charge >= 0.3 is 0 Å². The highest BCUT2D eigenvalue weighted by molar-refractivity contribution is 5.77. The molecule has 92 valence electrons. The van der Waals surface area contributed by atoms with E-state index in [9.17, 15) is 4.79 Å². The average molecular weight is 233 g/mol. The van der Waals surface area contributed by atoms with Crippen LogP contribution in [0.3, 0.4) is 0 Å². The van der Waals surface area contributed by atoms with Crippen LogP contribution in [0.5, 0.6) is 5.75 Å². The summed E-state index contributed by atoms with van der Waals surface area (Å²) in [5, 5.41) is 2.67. The van der Waals surface area contributed by atoms with Crippen LogP contribution in [-0.4, -0.2) is 19.1 Å².